The molecule has 2 aromatic carbocycles. The third-order valence-electron chi connectivity index (χ3n) is 5.18. The van der Waals surface area contributed by atoms with Crippen molar-refractivity contribution in [3.05, 3.63) is 52.1 Å². The van der Waals surface area contributed by atoms with Crippen molar-refractivity contribution < 1.29 is 9.47 Å². The second-order valence-electron chi connectivity index (χ2n) is 7.01. The van der Waals surface area contributed by atoms with E-state index < -0.39 is 0 Å². The molecule has 1 fully saturated rings. The number of halogens is 2. The van der Waals surface area contributed by atoms with Crippen LogP contribution >= 0.6 is 34.7 Å². The highest BCUT2D eigenvalue weighted by Gasteiger charge is 2.21. The van der Waals surface area contributed by atoms with Crippen LogP contribution in [0.1, 0.15) is 5.69 Å². The van der Waals surface area contributed by atoms with E-state index >= 15 is 0 Å². The molecule has 2 heterocycles. The monoisotopic (exact) mass is 464 g/mol. The van der Waals surface area contributed by atoms with Gasteiger partial charge in [0.2, 0.25) is 0 Å². The minimum absolute atomic E-state index is 0.538. The van der Waals surface area contributed by atoms with Gasteiger partial charge < -0.3 is 14.4 Å². The van der Waals surface area contributed by atoms with Crippen LogP contribution in [0.2, 0.25) is 10.0 Å². The number of nitrogens with zero attached hydrogens (tertiary/aromatic N) is 4. The number of ether oxygens (including phenoxy) is 2. The highest BCUT2D eigenvalue weighted by atomic mass is 35.5. The summed E-state index contributed by atoms with van der Waals surface area (Å²) in [5, 5.41) is 5.45. The van der Waals surface area contributed by atoms with Crippen molar-refractivity contribution in [1.82, 2.24) is 14.5 Å². The molecule has 0 spiro atoms. The summed E-state index contributed by atoms with van der Waals surface area (Å²) in [6.45, 7) is 4.43. The number of benzene rings is 2. The van der Waals surface area contributed by atoms with E-state index in [0.29, 0.717) is 10.0 Å². The minimum Gasteiger partial charge on any atom is -0.497 e. The van der Waals surface area contributed by atoms with Crippen molar-refractivity contribution in [1.29, 1.82) is 0 Å². The van der Waals surface area contributed by atoms with Crippen molar-refractivity contribution in [2.75, 3.05) is 45.3 Å². The Morgan fingerprint density at radius 3 is 2.27 bits per heavy atom. The van der Waals surface area contributed by atoms with E-state index in [9.17, 15) is 0 Å². The second kappa shape index (κ2) is 9.39. The Kier molecular flexibility index (Phi) is 6.63. The smallest absolute Gasteiger partial charge is 0.124 e. The van der Waals surface area contributed by atoms with Gasteiger partial charge in [-0.25, -0.2) is 0 Å². The van der Waals surface area contributed by atoms with Gasteiger partial charge >= 0.3 is 0 Å². The van der Waals surface area contributed by atoms with Crippen molar-refractivity contribution in [2.45, 2.75) is 6.54 Å². The lowest BCUT2D eigenvalue weighted by atomic mass is 10.1. The predicted molar refractivity (Wildman–Crippen MR) is 122 cm³/mol. The number of hydrogen-bond donors (Lipinski definition) is 0. The fourth-order valence-corrected chi connectivity index (χ4v) is 4.48. The topological polar surface area (TPSA) is 50.7 Å². The fourth-order valence-electron chi connectivity index (χ4n) is 3.52. The highest BCUT2D eigenvalue weighted by molar-refractivity contribution is 7.09. The summed E-state index contributed by atoms with van der Waals surface area (Å²) in [6, 6.07) is 11.6. The lowest BCUT2D eigenvalue weighted by Gasteiger charge is -2.36. The molecule has 158 valence electrons. The van der Waals surface area contributed by atoms with Gasteiger partial charge in [0.25, 0.3) is 0 Å². The van der Waals surface area contributed by atoms with Gasteiger partial charge in [-0.15, -0.1) is 5.10 Å². The van der Waals surface area contributed by atoms with Crippen LogP contribution in [-0.2, 0) is 6.54 Å². The number of hydrogen-bond acceptors (Lipinski definition) is 7. The Morgan fingerprint density at radius 2 is 1.63 bits per heavy atom. The molecule has 0 amide bonds. The molecular weight excluding hydrogens is 443 g/mol. The summed E-state index contributed by atoms with van der Waals surface area (Å²) >= 11 is 13.6. The summed E-state index contributed by atoms with van der Waals surface area (Å²) in [7, 11) is 3.34. The summed E-state index contributed by atoms with van der Waals surface area (Å²) < 4.78 is 15.0. The first-order valence-corrected chi connectivity index (χ1v) is 11.1. The molecule has 1 aliphatic rings. The van der Waals surface area contributed by atoms with Crippen LogP contribution < -0.4 is 14.4 Å². The molecule has 0 radical (unpaired) electrons. The number of methoxy groups -OCH3 is 2. The molecule has 0 bridgehead atoms. The van der Waals surface area contributed by atoms with Crippen LogP contribution in [0, 0.1) is 0 Å². The second-order valence-corrected chi connectivity index (χ2v) is 8.58. The quantitative estimate of drug-likeness (QED) is 0.519. The number of rotatable bonds is 6. The number of piperazine rings is 1. The van der Waals surface area contributed by atoms with E-state index in [2.05, 4.69) is 19.4 Å². The molecule has 6 nitrogen and oxygen atoms in total. The van der Waals surface area contributed by atoms with Crippen LogP contribution in [-0.4, -0.2) is 54.9 Å². The van der Waals surface area contributed by atoms with Crippen LogP contribution in [0.4, 0.5) is 5.69 Å². The largest absolute Gasteiger partial charge is 0.497 e. The Morgan fingerprint density at radius 1 is 0.933 bits per heavy atom. The molecule has 0 unspecified atom stereocenters. The average Bonchev–Trinajstić information content (AvgIpc) is 3.23. The Bertz CT molecular complexity index is 1000. The van der Waals surface area contributed by atoms with Crippen molar-refractivity contribution in [3.63, 3.8) is 0 Å². The minimum atomic E-state index is 0.538. The molecule has 4 rings (SSSR count). The van der Waals surface area contributed by atoms with Gasteiger partial charge in [0.1, 0.15) is 11.5 Å². The third kappa shape index (κ3) is 4.64. The van der Waals surface area contributed by atoms with E-state index in [0.717, 1.165) is 66.0 Å². The van der Waals surface area contributed by atoms with Gasteiger partial charge in [0, 0.05) is 56.6 Å². The normalized spacial score (nSPS) is 14.7. The van der Waals surface area contributed by atoms with Crippen LogP contribution in [0.3, 0.4) is 0 Å². The third-order valence-corrected chi connectivity index (χ3v) is 6.74. The van der Waals surface area contributed by atoms with Crippen LogP contribution in [0.5, 0.6) is 11.5 Å². The van der Waals surface area contributed by atoms with Gasteiger partial charge in [-0.05, 0) is 29.2 Å². The first-order chi connectivity index (χ1) is 14.6. The first kappa shape index (κ1) is 21.2. The Hall–Kier alpha value is -2.06. The van der Waals surface area contributed by atoms with Crippen LogP contribution in [0.25, 0.3) is 10.4 Å². The molecule has 3 aromatic rings. The van der Waals surface area contributed by atoms with Gasteiger partial charge in [0.15, 0.2) is 0 Å². The maximum absolute atomic E-state index is 6.19. The van der Waals surface area contributed by atoms with E-state index in [4.69, 9.17) is 32.7 Å². The Balaban J connectivity index is 1.43. The molecule has 0 saturated carbocycles. The number of anilines is 1. The maximum Gasteiger partial charge on any atom is 0.124 e. The van der Waals surface area contributed by atoms with Crippen LogP contribution in [0.15, 0.2) is 36.4 Å². The summed E-state index contributed by atoms with van der Waals surface area (Å²) in [5.41, 5.74) is 3.07. The molecule has 9 heteroatoms. The zero-order valence-corrected chi connectivity index (χ0v) is 19.1. The van der Waals surface area contributed by atoms with Gasteiger partial charge in [0.05, 0.1) is 34.8 Å². The highest BCUT2D eigenvalue weighted by Crippen LogP contribution is 2.33. The van der Waals surface area contributed by atoms with E-state index in [-0.39, 0.29) is 0 Å². The van der Waals surface area contributed by atoms with Crippen molar-refractivity contribution >= 4 is 40.4 Å². The molecule has 0 aliphatic carbocycles. The molecule has 0 N–H and O–H groups in total. The maximum atomic E-state index is 6.19. The van der Waals surface area contributed by atoms with E-state index in [1.807, 2.05) is 36.4 Å². The summed E-state index contributed by atoms with van der Waals surface area (Å²) in [6.07, 6.45) is 0. The lowest BCUT2D eigenvalue weighted by Crippen LogP contribution is -2.46. The molecule has 0 atom stereocenters. The predicted octanol–water partition coefficient (Wildman–Crippen LogP) is 4.85. The Labute approximate surface area is 190 Å². The number of aromatic nitrogens is 2. The summed E-state index contributed by atoms with van der Waals surface area (Å²) in [4.78, 5) is 5.78. The van der Waals surface area contributed by atoms with Crippen molar-refractivity contribution in [3.8, 4) is 21.9 Å². The zero-order valence-electron chi connectivity index (χ0n) is 16.8. The van der Waals surface area contributed by atoms with Gasteiger partial charge in [-0.3, -0.25) is 4.90 Å². The molecular formula is C21H22Cl2N4O2S. The first-order valence-electron chi connectivity index (χ1n) is 9.54. The van der Waals surface area contributed by atoms with Gasteiger partial charge in [-0.2, -0.15) is 0 Å². The zero-order chi connectivity index (χ0) is 21.1. The van der Waals surface area contributed by atoms with E-state index in [1.165, 1.54) is 11.5 Å². The standard InChI is InChI=1S/C21H22Cl2N4O2S/c1-28-16-10-15(11-17(12-16)29-2)27-7-5-26(6-8-27)13-20-21(30-25-24-20)14-3-4-18(22)19(23)9-14/h3-4,9-12H,5-8,13H2,1-2H3. The SMILES string of the molecule is COc1cc(OC)cc(N2CCN(Cc3nnsc3-c3ccc(Cl)c(Cl)c3)CC2)c1. The molecule has 1 aliphatic heterocycles. The van der Waals surface area contributed by atoms with Gasteiger partial charge in [-0.1, -0.05) is 33.8 Å². The summed E-state index contributed by atoms with van der Waals surface area (Å²) in [5.74, 6) is 1.60. The average molecular weight is 465 g/mol. The molecule has 1 saturated heterocycles. The lowest BCUT2D eigenvalue weighted by molar-refractivity contribution is 0.247. The molecule has 1 aromatic heterocycles. The fraction of sp³-hybridized carbons (Fsp3) is 0.333. The van der Waals surface area contributed by atoms with E-state index in [1.54, 1.807) is 14.2 Å². The van der Waals surface area contributed by atoms with Crippen molar-refractivity contribution in [2.24, 2.45) is 0 Å². The molecule has 30 heavy (non-hydrogen) atoms.